The molecule has 2 aliphatic rings. The fourth-order valence-corrected chi connectivity index (χ4v) is 3.26. The maximum absolute atomic E-state index is 11.5. The van der Waals surface area contributed by atoms with Crippen LogP contribution in [0.4, 0.5) is 5.69 Å². The molecule has 134 valence electrons. The van der Waals surface area contributed by atoms with Crippen molar-refractivity contribution >= 4 is 47.6 Å². The Kier molecular flexibility index (Phi) is 6.98. The highest BCUT2D eigenvalue weighted by Crippen LogP contribution is 2.33. The van der Waals surface area contributed by atoms with Gasteiger partial charge in [-0.1, -0.05) is 23.2 Å². The number of halogens is 3. The summed E-state index contributed by atoms with van der Waals surface area (Å²) in [5.41, 5.74) is 0.405. The molecular formula is C15H21Cl3N4O2. The Morgan fingerprint density at radius 3 is 2.38 bits per heavy atom. The minimum absolute atomic E-state index is 0. The summed E-state index contributed by atoms with van der Waals surface area (Å²) in [7, 11) is 0. The average Bonchev–Trinajstić information content (AvgIpc) is 2.49. The van der Waals surface area contributed by atoms with Gasteiger partial charge in [-0.05, 0) is 6.07 Å². The Balaban J connectivity index is 0.00000208. The van der Waals surface area contributed by atoms with Crippen molar-refractivity contribution in [2.75, 3.05) is 44.6 Å². The van der Waals surface area contributed by atoms with Crippen molar-refractivity contribution in [3.05, 3.63) is 22.2 Å². The molecule has 0 radical (unpaired) electrons. The Morgan fingerprint density at radius 1 is 1.21 bits per heavy atom. The molecule has 1 atom stereocenters. The fourth-order valence-electron chi connectivity index (χ4n) is 2.93. The summed E-state index contributed by atoms with van der Waals surface area (Å²) in [5, 5.41) is 16.9. The Hall–Kier alpha value is -0.760. The second-order valence-electron chi connectivity index (χ2n) is 5.89. The zero-order valence-corrected chi connectivity index (χ0v) is 15.4. The molecule has 9 heteroatoms. The van der Waals surface area contributed by atoms with Crippen LogP contribution < -0.4 is 10.6 Å². The van der Waals surface area contributed by atoms with Crippen LogP contribution in [0.2, 0.25) is 10.0 Å². The average molecular weight is 396 g/mol. The minimum atomic E-state index is -0.500. The molecule has 1 aromatic rings. The molecule has 1 unspecified atom stereocenters. The first-order valence-corrected chi connectivity index (χ1v) is 8.42. The molecule has 0 aliphatic carbocycles. The zero-order chi connectivity index (χ0) is 16.4. The number of hydrogen-bond acceptors (Lipinski definition) is 6. The van der Waals surface area contributed by atoms with Gasteiger partial charge in [0.15, 0.2) is 6.29 Å². The quantitative estimate of drug-likeness (QED) is 0.520. The van der Waals surface area contributed by atoms with Crippen molar-refractivity contribution in [1.29, 1.82) is 0 Å². The lowest BCUT2D eigenvalue weighted by atomic mass is 10.1. The number of nitrogens with one attached hydrogen (secondary N) is 2. The number of piperazine rings is 1. The van der Waals surface area contributed by atoms with E-state index in [1.807, 2.05) is 0 Å². The number of anilines is 1. The maximum atomic E-state index is 11.5. The van der Waals surface area contributed by atoms with Gasteiger partial charge < -0.3 is 15.7 Å². The summed E-state index contributed by atoms with van der Waals surface area (Å²) in [5.74, 6) is -0.0228. The molecule has 24 heavy (non-hydrogen) atoms. The van der Waals surface area contributed by atoms with Gasteiger partial charge in [0.1, 0.15) is 11.9 Å². The number of aldehydes is 1. The highest BCUT2D eigenvalue weighted by atomic mass is 35.5. The van der Waals surface area contributed by atoms with Crippen LogP contribution in [0.25, 0.3) is 0 Å². The first kappa shape index (κ1) is 19.6. The minimum Gasteiger partial charge on any atom is -0.506 e. The second kappa shape index (κ2) is 8.56. The normalized spacial score (nSPS) is 20.8. The molecule has 0 bridgehead atoms. The van der Waals surface area contributed by atoms with E-state index >= 15 is 0 Å². The number of carbonyl (C=O) groups excluding carboxylic acids is 1. The van der Waals surface area contributed by atoms with Crippen LogP contribution in [0.5, 0.6) is 5.75 Å². The van der Waals surface area contributed by atoms with Crippen LogP contribution >= 0.6 is 35.6 Å². The summed E-state index contributed by atoms with van der Waals surface area (Å²) in [6.07, 6.45) is 0.350. The third-order valence-corrected chi connectivity index (χ3v) is 5.21. The second-order valence-corrected chi connectivity index (χ2v) is 6.71. The van der Waals surface area contributed by atoms with Crippen molar-refractivity contribution < 1.29 is 9.90 Å². The number of carbonyl (C=O) groups is 1. The van der Waals surface area contributed by atoms with Gasteiger partial charge >= 0.3 is 0 Å². The van der Waals surface area contributed by atoms with Crippen LogP contribution in [0.15, 0.2) is 12.1 Å². The van der Waals surface area contributed by atoms with Gasteiger partial charge in [-0.15, -0.1) is 12.4 Å². The first-order chi connectivity index (χ1) is 11.1. The molecule has 6 nitrogen and oxygen atoms in total. The Labute approximate surface area is 157 Å². The van der Waals surface area contributed by atoms with E-state index in [-0.39, 0.29) is 23.2 Å². The molecule has 3 rings (SSSR count). The van der Waals surface area contributed by atoms with Crippen LogP contribution in [-0.2, 0) is 4.79 Å². The van der Waals surface area contributed by atoms with E-state index in [0.29, 0.717) is 16.8 Å². The van der Waals surface area contributed by atoms with Crippen molar-refractivity contribution in [3.63, 3.8) is 0 Å². The maximum Gasteiger partial charge on any atom is 0.157 e. The highest BCUT2D eigenvalue weighted by molar-refractivity contribution is 6.42. The molecule has 3 N–H and O–H groups in total. The highest BCUT2D eigenvalue weighted by Gasteiger charge is 2.30. The lowest BCUT2D eigenvalue weighted by Crippen LogP contribution is -2.63. The molecule has 0 aromatic heterocycles. The number of phenols is 1. The van der Waals surface area contributed by atoms with E-state index in [4.69, 9.17) is 23.2 Å². The van der Waals surface area contributed by atoms with E-state index in [1.54, 1.807) is 0 Å². The fraction of sp³-hybridized carbons (Fsp3) is 0.533. The van der Waals surface area contributed by atoms with Gasteiger partial charge in [0.25, 0.3) is 0 Å². The summed E-state index contributed by atoms with van der Waals surface area (Å²) in [4.78, 5) is 16.0. The summed E-state index contributed by atoms with van der Waals surface area (Å²) in [6.45, 7) is 5.57. The van der Waals surface area contributed by atoms with E-state index in [9.17, 15) is 9.90 Å². The lowest BCUT2D eigenvalue weighted by molar-refractivity contribution is -0.112. The largest absolute Gasteiger partial charge is 0.506 e. The molecule has 2 aliphatic heterocycles. The zero-order valence-electron chi connectivity index (χ0n) is 13.0. The third-order valence-electron chi connectivity index (χ3n) is 4.49. The van der Waals surface area contributed by atoms with E-state index in [1.165, 1.54) is 12.1 Å². The van der Waals surface area contributed by atoms with Gasteiger partial charge in [-0.25, -0.2) is 0 Å². The molecule has 0 amide bonds. The number of benzene rings is 1. The van der Waals surface area contributed by atoms with Crippen molar-refractivity contribution in [1.82, 2.24) is 15.1 Å². The number of nitrogens with zero attached hydrogens (tertiary/aromatic N) is 2. The van der Waals surface area contributed by atoms with Crippen LogP contribution in [-0.4, -0.2) is 72.7 Å². The molecule has 2 fully saturated rings. The SMILES string of the molecule is Cl.O=CC(Nc1cc(Cl)c(Cl)cc1O)N1CCN(C2CNC2)CC1. The monoisotopic (exact) mass is 394 g/mol. The molecule has 2 saturated heterocycles. The summed E-state index contributed by atoms with van der Waals surface area (Å²) in [6, 6.07) is 3.53. The van der Waals surface area contributed by atoms with Gasteiger partial charge in [-0.2, -0.15) is 0 Å². The van der Waals surface area contributed by atoms with Crippen LogP contribution in [0.3, 0.4) is 0 Å². The van der Waals surface area contributed by atoms with Gasteiger partial charge in [0, 0.05) is 51.4 Å². The van der Waals surface area contributed by atoms with Crippen molar-refractivity contribution in [2.45, 2.75) is 12.2 Å². The topological polar surface area (TPSA) is 67.8 Å². The Morgan fingerprint density at radius 2 is 1.83 bits per heavy atom. The smallest absolute Gasteiger partial charge is 0.157 e. The predicted octanol–water partition coefficient (Wildman–Crippen LogP) is 1.65. The molecular weight excluding hydrogens is 375 g/mol. The number of aromatic hydroxyl groups is 1. The van der Waals surface area contributed by atoms with E-state index in [2.05, 4.69) is 20.4 Å². The van der Waals surface area contributed by atoms with Gasteiger partial charge in [0.05, 0.1) is 15.7 Å². The van der Waals surface area contributed by atoms with Crippen LogP contribution in [0, 0.1) is 0 Å². The van der Waals surface area contributed by atoms with Crippen LogP contribution in [0.1, 0.15) is 0 Å². The molecule has 1 aromatic carbocycles. The summed E-state index contributed by atoms with van der Waals surface area (Å²) < 4.78 is 0. The molecule has 0 saturated carbocycles. The van der Waals surface area contributed by atoms with Gasteiger partial charge in [-0.3, -0.25) is 14.6 Å². The number of hydrogen-bond donors (Lipinski definition) is 3. The third kappa shape index (κ3) is 4.25. The summed E-state index contributed by atoms with van der Waals surface area (Å²) >= 11 is 11.8. The standard InChI is InChI=1S/C15H20Cl2N4O2.ClH/c16-11-5-13(14(23)6-12(11)17)19-15(9-22)21-3-1-20(2-4-21)10-7-18-8-10;/h5-6,9-10,15,18-19,23H,1-4,7-8H2;1H. The number of rotatable bonds is 5. The molecule has 0 spiro atoms. The van der Waals surface area contributed by atoms with E-state index in [0.717, 1.165) is 45.6 Å². The van der Waals surface area contributed by atoms with Crippen molar-refractivity contribution in [2.24, 2.45) is 0 Å². The predicted molar refractivity (Wildman–Crippen MR) is 98.7 cm³/mol. The molecule has 2 heterocycles. The first-order valence-electron chi connectivity index (χ1n) is 7.67. The van der Waals surface area contributed by atoms with Gasteiger partial charge in [0.2, 0.25) is 0 Å². The lowest BCUT2D eigenvalue weighted by Gasteiger charge is -2.44. The Bertz CT molecular complexity index is 578. The van der Waals surface area contributed by atoms with E-state index < -0.39 is 6.17 Å². The number of phenolic OH excluding ortho intramolecular Hbond substituents is 1. The van der Waals surface area contributed by atoms with Crippen molar-refractivity contribution in [3.8, 4) is 5.75 Å².